The summed E-state index contributed by atoms with van der Waals surface area (Å²) in [6, 6.07) is 17.6. The number of nitrogens with zero attached hydrogens (tertiary/aromatic N) is 1. The Hall–Kier alpha value is -3.72. The van der Waals surface area contributed by atoms with Crippen LogP contribution in [0.15, 0.2) is 66.0 Å². The molecule has 2 amide bonds. The van der Waals surface area contributed by atoms with E-state index in [-0.39, 0.29) is 36.0 Å². The van der Waals surface area contributed by atoms with Crippen molar-refractivity contribution in [3.63, 3.8) is 0 Å². The minimum Gasteiger partial charge on any atom is -0.455 e. The van der Waals surface area contributed by atoms with E-state index in [4.69, 9.17) is 9.47 Å². The van der Waals surface area contributed by atoms with Gasteiger partial charge in [-0.25, -0.2) is 14.6 Å². The lowest BCUT2D eigenvalue weighted by molar-refractivity contribution is -0.124. The molecule has 0 saturated carbocycles. The molecule has 0 fully saturated rings. The maximum absolute atomic E-state index is 13.4. The van der Waals surface area contributed by atoms with Crippen LogP contribution < -0.4 is 10.6 Å². The third kappa shape index (κ3) is 10.2. The van der Waals surface area contributed by atoms with Crippen LogP contribution in [0.1, 0.15) is 73.2 Å². The Labute approximate surface area is 234 Å². The fourth-order valence-corrected chi connectivity index (χ4v) is 4.69. The summed E-state index contributed by atoms with van der Waals surface area (Å²) in [4.78, 5) is 43.0. The van der Waals surface area contributed by atoms with Crippen molar-refractivity contribution in [2.24, 2.45) is 11.8 Å². The van der Waals surface area contributed by atoms with Gasteiger partial charge in [0.15, 0.2) is 0 Å². The number of esters is 1. The van der Waals surface area contributed by atoms with Gasteiger partial charge in [-0.3, -0.25) is 4.79 Å². The lowest BCUT2D eigenvalue weighted by Crippen LogP contribution is -2.48. The van der Waals surface area contributed by atoms with Gasteiger partial charge in [-0.05, 0) is 35.8 Å². The van der Waals surface area contributed by atoms with Crippen LogP contribution >= 0.6 is 11.3 Å². The minimum atomic E-state index is -0.781. The zero-order valence-electron chi connectivity index (χ0n) is 22.9. The molecule has 2 atom stereocenters. The number of aromatic nitrogens is 1. The lowest BCUT2D eigenvalue weighted by atomic mass is 9.99. The summed E-state index contributed by atoms with van der Waals surface area (Å²) < 4.78 is 10.7. The summed E-state index contributed by atoms with van der Waals surface area (Å²) in [6.45, 7) is 8.33. The highest BCUT2D eigenvalue weighted by atomic mass is 32.1. The monoisotopic (exact) mass is 551 g/mol. The second kappa shape index (κ2) is 15.0. The van der Waals surface area contributed by atoms with Gasteiger partial charge in [0, 0.05) is 5.38 Å². The normalized spacial score (nSPS) is 12.6. The summed E-state index contributed by atoms with van der Waals surface area (Å²) in [5.41, 5.74) is 2.33. The second-order valence-electron chi connectivity index (χ2n) is 10.2. The van der Waals surface area contributed by atoms with E-state index in [2.05, 4.69) is 15.6 Å². The summed E-state index contributed by atoms with van der Waals surface area (Å²) in [6.07, 6.45) is 0.396. The Morgan fingerprint density at radius 1 is 0.795 bits per heavy atom. The Morgan fingerprint density at radius 3 is 1.92 bits per heavy atom. The van der Waals surface area contributed by atoms with Gasteiger partial charge in [0.1, 0.15) is 19.3 Å². The molecule has 0 bridgehead atoms. The van der Waals surface area contributed by atoms with E-state index in [1.165, 1.54) is 11.3 Å². The van der Waals surface area contributed by atoms with Gasteiger partial charge in [0.25, 0.3) is 0 Å². The van der Waals surface area contributed by atoms with Crippen LogP contribution in [0.2, 0.25) is 0 Å². The Kier molecular flexibility index (Phi) is 11.5. The number of hydrogen-bond donors (Lipinski definition) is 2. The maximum Gasteiger partial charge on any atom is 0.408 e. The number of alkyl carbamates (subject to hydrolysis) is 1. The van der Waals surface area contributed by atoms with Crippen LogP contribution in [0.4, 0.5) is 4.79 Å². The van der Waals surface area contributed by atoms with E-state index in [0.717, 1.165) is 11.1 Å². The van der Waals surface area contributed by atoms with Crippen molar-refractivity contribution in [3.05, 3.63) is 87.9 Å². The van der Waals surface area contributed by atoms with Crippen molar-refractivity contribution < 1.29 is 23.9 Å². The maximum atomic E-state index is 13.4. The quantitative estimate of drug-likeness (QED) is 0.251. The first-order valence-corrected chi connectivity index (χ1v) is 14.0. The van der Waals surface area contributed by atoms with Gasteiger partial charge in [-0.15, -0.1) is 11.3 Å². The number of hydrogen-bond acceptors (Lipinski definition) is 7. The molecule has 0 aliphatic carbocycles. The largest absolute Gasteiger partial charge is 0.455 e. The Bertz CT molecular complexity index is 1200. The topological polar surface area (TPSA) is 107 Å². The third-order valence-electron chi connectivity index (χ3n) is 5.82. The second-order valence-corrected chi connectivity index (χ2v) is 11.1. The summed E-state index contributed by atoms with van der Waals surface area (Å²) in [5, 5.41) is 7.76. The zero-order chi connectivity index (χ0) is 28.2. The molecule has 1 heterocycles. The van der Waals surface area contributed by atoms with E-state index in [1.54, 1.807) is 5.38 Å². The number of ether oxygens (including phenoxy) is 2. The van der Waals surface area contributed by atoms with Crippen LogP contribution in [-0.2, 0) is 27.5 Å². The first-order valence-electron chi connectivity index (χ1n) is 13.1. The predicted molar refractivity (Wildman–Crippen MR) is 151 cm³/mol. The predicted octanol–water partition coefficient (Wildman–Crippen LogP) is 6.04. The highest BCUT2D eigenvalue weighted by Gasteiger charge is 2.27. The van der Waals surface area contributed by atoms with E-state index >= 15 is 0 Å². The highest BCUT2D eigenvalue weighted by Crippen LogP contribution is 2.24. The summed E-state index contributed by atoms with van der Waals surface area (Å²) in [7, 11) is 0. The van der Waals surface area contributed by atoms with Crippen molar-refractivity contribution in [2.75, 3.05) is 0 Å². The average molecular weight is 552 g/mol. The molecule has 0 aliphatic heterocycles. The number of benzene rings is 2. The van der Waals surface area contributed by atoms with E-state index in [1.807, 2.05) is 88.4 Å². The first kappa shape index (κ1) is 29.8. The van der Waals surface area contributed by atoms with Crippen LogP contribution in [0, 0.1) is 11.8 Å². The van der Waals surface area contributed by atoms with E-state index in [9.17, 15) is 14.4 Å². The molecule has 2 aromatic carbocycles. The molecule has 3 aromatic rings. The van der Waals surface area contributed by atoms with Crippen LogP contribution in [-0.4, -0.2) is 29.0 Å². The average Bonchev–Trinajstić information content (AvgIpc) is 3.41. The van der Waals surface area contributed by atoms with Crippen LogP contribution in [0.3, 0.4) is 0 Å². The number of carbonyl (C=O) groups excluding carboxylic acids is 3. The van der Waals surface area contributed by atoms with Crippen molar-refractivity contribution in [1.82, 2.24) is 15.6 Å². The molecule has 9 heteroatoms. The van der Waals surface area contributed by atoms with Crippen molar-refractivity contribution >= 4 is 29.3 Å². The Morgan fingerprint density at radius 2 is 1.36 bits per heavy atom. The zero-order valence-corrected chi connectivity index (χ0v) is 23.7. The first-order chi connectivity index (χ1) is 18.7. The van der Waals surface area contributed by atoms with E-state index < -0.39 is 24.1 Å². The van der Waals surface area contributed by atoms with Crippen LogP contribution in [0.5, 0.6) is 0 Å². The fourth-order valence-electron chi connectivity index (χ4n) is 3.93. The molecule has 8 nitrogen and oxygen atoms in total. The Balaban J connectivity index is 1.64. The van der Waals surface area contributed by atoms with Crippen LogP contribution in [0.25, 0.3) is 0 Å². The molecule has 0 radical (unpaired) electrons. The third-order valence-corrected chi connectivity index (χ3v) is 6.66. The molecule has 208 valence electrons. The molecule has 0 saturated heterocycles. The minimum absolute atomic E-state index is 0.112. The van der Waals surface area contributed by atoms with Gasteiger partial charge in [-0.2, -0.15) is 0 Å². The molecule has 3 rings (SSSR count). The van der Waals surface area contributed by atoms with Crippen molar-refractivity contribution in [2.45, 2.75) is 65.8 Å². The van der Waals surface area contributed by atoms with Crippen molar-refractivity contribution in [1.29, 1.82) is 0 Å². The van der Waals surface area contributed by atoms with E-state index in [0.29, 0.717) is 18.5 Å². The van der Waals surface area contributed by atoms with Gasteiger partial charge in [0.05, 0.1) is 11.7 Å². The molecular formula is C30H37N3O5S. The van der Waals surface area contributed by atoms with Gasteiger partial charge in [-0.1, -0.05) is 88.4 Å². The number of thiazole rings is 1. The molecule has 0 aliphatic rings. The van der Waals surface area contributed by atoms with Gasteiger partial charge >= 0.3 is 12.1 Å². The standard InChI is InChI=1S/C30H37N3O5S/c1-20(2)15-24(26-19-39-28(32-26)29(35)37-17-22-11-7-5-8-12-22)31-27(34)25(16-21(3)4)33-30(36)38-18-23-13-9-6-10-14-23/h5-14,19-21,24-25H,15-18H2,1-4H3,(H,31,34)(H,33,36)/t24-,25+/m1/s1. The number of nitrogens with one attached hydrogen (secondary N) is 2. The molecule has 0 spiro atoms. The highest BCUT2D eigenvalue weighted by molar-refractivity contribution is 7.11. The molecule has 0 unspecified atom stereocenters. The fraction of sp³-hybridized carbons (Fsp3) is 0.400. The van der Waals surface area contributed by atoms with Gasteiger partial charge in [0.2, 0.25) is 10.9 Å². The SMILES string of the molecule is CC(C)C[C@H](NC(=O)OCc1ccccc1)C(=O)N[C@H](CC(C)C)c1csc(C(=O)OCc2ccccc2)n1. The molecular weight excluding hydrogens is 514 g/mol. The molecule has 2 N–H and O–H groups in total. The smallest absolute Gasteiger partial charge is 0.408 e. The number of amides is 2. The van der Waals surface area contributed by atoms with Crippen molar-refractivity contribution in [3.8, 4) is 0 Å². The summed E-state index contributed by atoms with van der Waals surface area (Å²) in [5.74, 6) is -0.431. The molecule has 39 heavy (non-hydrogen) atoms. The number of carbonyl (C=O) groups is 3. The molecule has 1 aromatic heterocycles. The lowest BCUT2D eigenvalue weighted by Gasteiger charge is -2.24. The number of rotatable bonds is 13. The van der Waals surface area contributed by atoms with Gasteiger partial charge < -0.3 is 20.1 Å². The summed E-state index contributed by atoms with van der Waals surface area (Å²) >= 11 is 1.18.